The summed E-state index contributed by atoms with van der Waals surface area (Å²) in [4.78, 5) is 29.7. The summed E-state index contributed by atoms with van der Waals surface area (Å²) < 4.78 is 5.33. The number of fused-ring (bicyclic) bond motifs is 2. The van der Waals surface area contributed by atoms with Crippen LogP contribution >= 0.6 is 0 Å². The molecule has 4 atom stereocenters. The van der Waals surface area contributed by atoms with E-state index in [1.807, 2.05) is 29.2 Å². The van der Waals surface area contributed by atoms with Gasteiger partial charge >= 0.3 is 6.03 Å². The monoisotopic (exact) mass is 367 g/mol. The van der Waals surface area contributed by atoms with Crippen LogP contribution in [0, 0.1) is 11.8 Å². The van der Waals surface area contributed by atoms with E-state index in [9.17, 15) is 9.59 Å². The lowest BCUT2D eigenvalue weighted by Crippen LogP contribution is -2.45. The lowest BCUT2D eigenvalue weighted by Gasteiger charge is -2.32. The van der Waals surface area contributed by atoms with E-state index in [4.69, 9.17) is 4.74 Å². The van der Waals surface area contributed by atoms with Gasteiger partial charge in [-0.1, -0.05) is 18.6 Å². The Morgan fingerprint density at radius 2 is 2.04 bits per heavy atom. The number of nitrogens with zero attached hydrogens (tertiary/aromatic N) is 2. The van der Waals surface area contributed by atoms with Crippen molar-refractivity contribution in [2.45, 2.75) is 37.8 Å². The highest BCUT2D eigenvalue weighted by Gasteiger charge is 2.50. The molecule has 0 spiro atoms. The molecule has 5 rings (SSSR count). The fraction of sp³-hybridized carbons (Fsp3) is 0.524. The highest BCUT2D eigenvalue weighted by Crippen LogP contribution is 2.49. The third kappa shape index (κ3) is 2.46. The second-order valence-corrected chi connectivity index (χ2v) is 8.25. The van der Waals surface area contributed by atoms with Crippen molar-refractivity contribution in [2.24, 2.45) is 11.8 Å². The number of urea groups is 1. The summed E-state index contributed by atoms with van der Waals surface area (Å²) >= 11 is 0. The Morgan fingerprint density at radius 1 is 1.19 bits per heavy atom. The minimum Gasteiger partial charge on any atom is -0.497 e. The van der Waals surface area contributed by atoms with Gasteiger partial charge in [0.2, 0.25) is 0 Å². The van der Waals surface area contributed by atoms with Gasteiger partial charge in [0.15, 0.2) is 0 Å². The maximum Gasteiger partial charge on any atom is 0.322 e. The molecule has 0 aromatic heterocycles. The fourth-order valence-corrected chi connectivity index (χ4v) is 5.52. The minimum atomic E-state index is -0.421. The predicted octanol–water partition coefficient (Wildman–Crippen LogP) is 2.68. The molecule has 4 aliphatic rings. The molecule has 0 radical (unpaired) electrons. The number of hydrogen-bond acceptors (Lipinski definition) is 3. The van der Waals surface area contributed by atoms with Crippen LogP contribution in [0.4, 0.5) is 4.79 Å². The van der Waals surface area contributed by atoms with Crippen LogP contribution in [0.1, 0.15) is 37.3 Å². The standard InChI is InChI=1S/C21H25N3O3/c1-23-17-11-24(16-9-12-6-7-13(16)8-12)20(25)18(17)19(22-21(23)26)14-4-3-5-15(10-14)27-2/h3-5,10,12-13,16,19H,6-9,11H2,1-2H3,(H,22,26). The Morgan fingerprint density at radius 3 is 2.74 bits per heavy atom. The third-order valence-electron chi connectivity index (χ3n) is 6.92. The quantitative estimate of drug-likeness (QED) is 0.893. The van der Waals surface area contributed by atoms with Gasteiger partial charge in [0.1, 0.15) is 5.75 Å². The molecule has 6 nitrogen and oxygen atoms in total. The van der Waals surface area contributed by atoms with Crippen molar-refractivity contribution in [3.63, 3.8) is 0 Å². The van der Waals surface area contributed by atoms with Crippen molar-refractivity contribution in [2.75, 3.05) is 20.7 Å². The van der Waals surface area contributed by atoms with Gasteiger partial charge in [-0.25, -0.2) is 4.79 Å². The molecule has 27 heavy (non-hydrogen) atoms. The summed E-state index contributed by atoms with van der Waals surface area (Å²) in [6.45, 7) is 0.548. The average molecular weight is 367 g/mol. The van der Waals surface area contributed by atoms with Gasteiger partial charge in [0.25, 0.3) is 5.91 Å². The first-order valence-corrected chi connectivity index (χ1v) is 9.79. The summed E-state index contributed by atoms with van der Waals surface area (Å²) in [5.74, 6) is 2.21. The number of carbonyl (C=O) groups excluding carboxylic acids is 2. The van der Waals surface area contributed by atoms with Crippen LogP contribution in [0.15, 0.2) is 35.5 Å². The Balaban J connectivity index is 1.51. The van der Waals surface area contributed by atoms with Gasteiger partial charge in [-0.3, -0.25) is 9.69 Å². The lowest BCUT2D eigenvalue weighted by atomic mass is 9.93. The van der Waals surface area contributed by atoms with Crippen LogP contribution in [0.5, 0.6) is 5.75 Å². The lowest BCUT2D eigenvalue weighted by molar-refractivity contribution is -0.128. The number of ether oxygens (including phenoxy) is 1. The number of methoxy groups -OCH3 is 1. The maximum atomic E-state index is 13.5. The molecule has 2 aliphatic heterocycles. The number of carbonyl (C=O) groups is 2. The topological polar surface area (TPSA) is 61.9 Å². The molecular formula is C21H25N3O3. The van der Waals surface area contributed by atoms with Crippen molar-refractivity contribution in [3.05, 3.63) is 41.1 Å². The van der Waals surface area contributed by atoms with E-state index in [0.29, 0.717) is 24.1 Å². The molecule has 1 aromatic carbocycles. The van der Waals surface area contributed by atoms with E-state index in [2.05, 4.69) is 5.32 Å². The number of rotatable bonds is 3. The van der Waals surface area contributed by atoms with E-state index in [0.717, 1.165) is 29.3 Å². The molecule has 3 amide bonds. The van der Waals surface area contributed by atoms with E-state index >= 15 is 0 Å². The first-order valence-electron chi connectivity index (χ1n) is 9.79. The van der Waals surface area contributed by atoms with Crippen LogP contribution in [-0.4, -0.2) is 48.5 Å². The van der Waals surface area contributed by atoms with Crippen molar-refractivity contribution >= 4 is 11.9 Å². The molecule has 2 heterocycles. The van der Waals surface area contributed by atoms with Crippen molar-refractivity contribution < 1.29 is 14.3 Å². The molecule has 4 unspecified atom stereocenters. The van der Waals surface area contributed by atoms with Crippen LogP contribution in [0.25, 0.3) is 0 Å². The van der Waals surface area contributed by atoms with Gasteiger partial charge in [0.05, 0.1) is 31.0 Å². The van der Waals surface area contributed by atoms with Crippen LogP contribution in [0.2, 0.25) is 0 Å². The molecule has 1 N–H and O–H groups in total. The highest BCUT2D eigenvalue weighted by atomic mass is 16.5. The van der Waals surface area contributed by atoms with E-state index in [1.165, 1.54) is 19.3 Å². The van der Waals surface area contributed by atoms with Crippen LogP contribution in [-0.2, 0) is 4.79 Å². The second-order valence-electron chi connectivity index (χ2n) is 8.25. The predicted molar refractivity (Wildman–Crippen MR) is 100 cm³/mol. The first kappa shape index (κ1) is 16.7. The number of nitrogens with one attached hydrogen (secondary N) is 1. The molecule has 2 aliphatic carbocycles. The SMILES string of the molecule is COc1cccc(C2NC(=O)N(C)C3=C2C(=O)N(C2CC4CCC2C4)C3)c1. The molecule has 6 heteroatoms. The zero-order valence-electron chi connectivity index (χ0n) is 15.8. The van der Waals surface area contributed by atoms with E-state index < -0.39 is 6.04 Å². The summed E-state index contributed by atoms with van der Waals surface area (Å²) in [5, 5.41) is 3.01. The molecular weight excluding hydrogens is 342 g/mol. The largest absolute Gasteiger partial charge is 0.497 e. The summed E-state index contributed by atoms with van der Waals surface area (Å²) in [6, 6.07) is 7.35. The summed E-state index contributed by atoms with van der Waals surface area (Å²) in [7, 11) is 3.37. The fourth-order valence-electron chi connectivity index (χ4n) is 5.52. The summed E-state index contributed by atoms with van der Waals surface area (Å²) in [6.07, 6.45) is 4.91. The number of amides is 3. The third-order valence-corrected chi connectivity index (χ3v) is 6.92. The van der Waals surface area contributed by atoms with Gasteiger partial charge in [0, 0.05) is 13.1 Å². The molecule has 1 aromatic rings. The molecule has 142 valence electrons. The van der Waals surface area contributed by atoms with Crippen LogP contribution in [0.3, 0.4) is 0 Å². The number of likely N-dealkylation sites (N-methyl/N-ethyl adjacent to an activating group) is 1. The Labute approximate surface area is 159 Å². The van der Waals surface area contributed by atoms with Gasteiger partial charge in [-0.05, 0) is 48.8 Å². The number of benzene rings is 1. The molecule has 2 bridgehead atoms. The Hall–Kier alpha value is -2.50. The van der Waals surface area contributed by atoms with E-state index in [1.54, 1.807) is 19.1 Å². The van der Waals surface area contributed by atoms with Crippen LogP contribution < -0.4 is 10.1 Å². The second kappa shape index (κ2) is 6.01. The zero-order valence-corrected chi connectivity index (χ0v) is 15.8. The molecule has 2 saturated carbocycles. The summed E-state index contributed by atoms with van der Waals surface area (Å²) in [5.41, 5.74) is 2.44. The zero-order chi connectivity index (χ0) is 18.7. The average Bonchev–Trinajstić information content (AvgIpc) is 3.39. The van der Waals surface area contributed by atoms with E-state index in [-0.39, 0.29) is 11.9 Å². The van der Waals surface area contributed by atoms with Crippen molar-refractivity contribution in [1.82, 2.24) is 15.1 Å². The number of hydrogen-bond donors (Lipinski definition) is 1. The van der Waals surface area contributed by atoms with Crippen molar-refractivity contribution in [1.29, 1.82) is 0 Å². The normalized spacial score (nSPS) is 32.2. The van der Waals surface area contributed by atoms with Gasteiger partial charge in [-0.2, -0.15) is 0 Å². The first-order chi connectivity index (χ1) is 13.1. The highest BCUT2D eigenvalue weighted by molar-refractivity contribution is 6.01. The molecule has 0 saturated heterocycles. The minimum absolute atomic E-state index is 0.0854. The smallest absolute Gasteiger partial charge is 0.322 e. The van der Waals surface area contributed by atoms with Gasteiger partial charge < -0.3 is 15.0 Å². The Kier molecular flexibility index (Phi) is 3.71. The van der Waals surface area contributed by atoms with Gasteiger partial charge in [-0.15, -0.1) is 0 Å². The Bertz CT molecular complexity index is 849. The maximum absolute atomic E-state index is 13.5. The van der Waals surface area contributed by atoms with Crippen molar-refractivity contribution in [3.8, 4) is 5.75 Å². The molecule has 2 fully saturated rings.